The second-order valence-electron chi connectivity index (χ2n) is 3.72. The van der Waals surface area contributed by atoms with Gasteiger partial charge in [-0.3, -0.25) is 9.78 Å². The number of nitrogens with zero attached hydrogens (tertiary/aromatic N) is 1. The number of anilines is 1. The van der Waals surface area contributed by atoms with Gasteiger partial charge in [0.15, 0.2) is 0 Å². The lowest BCUT2D eigenvalue weighted by molar-refractivity contribution is 0.102. The molecular weight excluding hydrogens is 363 g/mol. The molecule has 3 nitrogen and oxygen atoms in total. The average molecular weight is 373 g/mol. The zero-order valence-electron chi connectivity index (χ0n) is 9.58. The van der Waals surface area contributed by atoms with E-state index < -0.39 is 0 Å². The highest BCUT2D eigenvalue weighted by Crippen LogP contribution is 2.20. The van der Waals surface area contributed by atoms with Crippen molar-refractivity contribution in [3.05, 3.63) is 56.4 Å². The Morgan fingerprint density at radius 1 is 1.39 bits per heavy atom. The summed E-state index contributed by atoms with van der Waals surface area (Å²) in [5.41, 5.74) is 2.02. The van der Waals surface area contributed by atoms with Gasteiger partial charge in [0.05, 0.1) is 16.4 Å². The summed E-state index contributed by atoms with van der Waals surface area (Å²) >= 11 is 8.11. The van der Waals surface area contributed by atoms with E-state index >= 15 is 0 Å². The number of hydrogen-bond acceptors (Lipinski definition) is 2. The van der Waals surface area contributed by atoms with Crippen molar-refractivity contribution in [1.82, 2.24) is 4.98 Å². The standard InChI is InChI=1S/C13H10ClIN2O/c1-8-12(3-2-6-16-8)17-13(18)9-4-5-11(15)10(14)7-9/h2-7H,1H3,(H,17,18). The van der Waals surface area contributed by atoms with E-state index in [4.69, 9.17) is 11.6 Å². The Balaban J connectivity index is 2.22. The molecule has 2 aromatic rings. The molecule has 0 saturated heterocycles. The Hall–Kier alpha value is -1.14. The largest absolute Gasteiger partial charge is 0.320 e. The van der Waals surface area contributed by atoms with Gasteiger partial charge in [0, 0.05) is 15.3 Å². The molecule has 0 fully saturated rings. The predicted molar refractivity (Wildman–Crippen MR) is 81.1 cm³/mol. The zero-order valence-corrected chi connectivity index (χ0v) is 12.5. The third kappa shape index (κ3) is 3.00. The molecule has 0 aliphatic rings. The van der Waals surface area contributed by atoms with Crippen LogP contribution in [0.3, 0.4) is 0 Å². The first-order valence-electron chi connectivity index (χ1n) is 5.26. The van der Waals surface area contributed by atoms with Gasteiger partial charge in [-0.05, 0) is 59.8 Å². The highest BCUT2D eigenvalue weighted by Gasteiger charge is 2.09. The number of aryl methyl sites for hydroxylation is 1. The van der Waals surface area contributed by atoms with E-state index in [9.17, 15) is 4.79 Å². The Bertz CT molecular complexity index is 601. The number of hydrogen-bond donors (Lipinski definition) is 1. The van der Waals surface area contributed by atoms with Crippen molar-refractivity contribution in [2.75, 3.05) is 5.32 Å². The Morgan fingerprint density at radius 3 is 2.83 bits per heavy atom. The molecule has 1 heterocycles. The number of carbonyl (C=O) groups excluding carboxylic acids is 1. The van der Waals surface area contributed by atoms with Crippen LogP contribution in [0.2, 0.25) is 5.02 Å². The number of aromatic nitrogens is 1. The number of nitrogens with one attached hydrogen (secondary N) is 1. The van der Waals surface area contributed by atoms with Gasteiger partial charge in [-0.1, -0.05) is 11.6 Å². The minimum atomic E-state index is -0.190. The van der Waals surface area contributed by atoms with Crippen LogP contribution in [-0.4, -0.2) is 10.9 Å². The summed E-state index contributed by atoms with van der Waals surface area (Å²) in [5, 5.41) is 3.39. The maximum atomic E-state index is 12.0. The number of carbonyl (C=O) groups is 1. The van der Waals surface area contributed by atoms with Crippen molar-refractivity contribution in [1.29, 1.82) is 0 Å². The molecule has 1 N–H and O–H groups in total. The van der Waals surface area contributed by atoms with Crippen molar-refractivity contribution in [2.45, 2.75) is 6.92 Å². The summed E-state index contributed by atoms with van der Waals surface area (Å²) in [5.74, 6) is -0.190. The SMILES string of the molecule is Cc1ncccc1NC(=O)c1ccc(I)c(Cl)c1. The molecule has 0 saturated carbocycles. The van der Waals surface area contributed by atoms with Gasteiger partial charge < -0.3 is 5.32 Å². The number of halogens is 2. The molecule has 0 unspecified atom stereocenters. The maximum Gasteiger partial charge on any atom is 0.255 e. The second kappa shape index (κ2) is 5.67. The van der Waals surface area contributed by atoms with Gasteiger partial charge in [-0.15, -0.1) is 0 Å². The Kier molecular flexibility index (Phi) is 4.19. The molecule has 5 heteroatoms. The number of rotatable bonds is 2. The molecule has 1 amide bonds. The Morgan fingerprint density at radius 2 is 2.17 bits per heavy atom. The van der Waals surface area contributed by atoms with Crippen molar-refractivity contribution in [3.8, 4) is 0 Å². The van der Waals surface area contributed by atoms with Crippen LogP contribution >= 0.6 is 34.2 Å². The van der Waals surface area contributed by atoms with Crippen LogP contribution in [0.5, 0.6) is 0 Å². The molecular formula is C13H10ClIN2O. The number of benzene rings is 1. The van der Waals surface area contributed by atoms with Crippen molar-refractivity contribution < 1.29 is 4.79 Å². The van der Waals surface area contributed by atoms with Crippen molar-refractivity contribution in [3.63, 3.8) is 0 Å². The van der Waals surface area contributed by atoms with Gasteiger partial charge >= 0.3 is 0 Å². The molecule has 0 radical (unpaired) electrons. The van der Waals surface area contributed by atoms with E-state index in [1.807, 2.05) is 19.1 Å². The van der Waals surface area contributed by atoms with Crippen LogP contribution in [0.25, 0.3) is 0 Å². The molecule has 18 heavy (non-hydrogen) atoms. The van der Waals surface area contributed by atoms with Crippen LogP contribution < -0.4 is 5.32 Å². The van der Waals surface area contributed by atoms with Crippen LogP contribution in [0.4, 0.5) is 5.69 Å². The fourth-order valence-corrected chi connectivity index (χ4v) is 1.96. The van der Waals surface area contributed by atoms with Gasteiger partial charge in [-0.2, -0.15) is 0 Å². The number of pyridine rings is 1. The van der Waals surface area contributed by atoms with E-state index in [1.165, 1.54) is 0 Å². The third-order valence-electron chi connectivity index (χ3n) is 2.44. The summed E-state index contributed by atoms with van der Waals surface area (Å²) in [6.07, 6.45) is 1.69. The van der Waals surface area contributed by atoms with Gasteiger partial charge in [0.2, 0.25) is 0 Å². The molecule has 2 rings (SSSR count). The fourth-order valence-electron chi connectivity index (χ4n) is 1.45. The van der Waals surface area contributed by atoms with E-state index in [0.717, 1.165) is 9.26 Å². The van der Waals surface area contributed by atoms with Crippen molar-refractivity contribution in [2.24, 2.45) is 0 Å². The maximum absolute atomic E-state index is 12.0. The molecule has 92 valence electrons. The van der Waals surface area contributed by atoms with Crippen LogP contribution in [0.15, 0.2) is 36.5 Å². The van der Waals surface area contributed by atoms with Crippen LogP contribution in [0, 0.1) is 10.5 Å². The Labute approximate surface area is 124 Å². The van der Waals surface area contributed by atoms with Gasteiger partial charge in [-0.25, -0.2) is 0 Å². The summed E-state index contributed by atoms with van der Waals surface area (Å²) in [6, 6.07) is 8.81. The first-order valence-corrected chi connectivity index (χ1v) is 6.71. The third-order valence-corrected chi connectivity index (χ3v) is 4.01. The van der Waals surface area contributed by atoms with E-state index in [0.29, 0.717) is 16.3 Å². The molecule has 1 aromatic carbocycles. The molecule has 0 aliphatic carbocycles. The lowest BCUT2D eigenvalue weighted by Gasteiger charge is -2.07. The molecule has 1 aromatic heterocycles. The smallest absolute Gasteiger partial charge is 0.255 e. The van der Waals surface area contributed by atoms with Crippen LogP contribution in [-0.2, 0) is 0 Å². The van der Waals surface area contributed by atoms with Gasteiger partial charge in [0.25, 0.3) is 5.91 Å². The molecule has 0 atom stereocenters. The highest BCUT2D eigenvalue weighted by atomic mass is 127. The monoisotopic (exact) mass is 372 g/mol. The molecule has 0 aliphatic heterocycles. The lowest BCUT2D eigenvalue weighted by Crippen LogP contribution is -2.13. The van der Waals surface area contributed by atoms with Crippen molar-refractivity contribution >= 4 is 45.8 Å². The van der Waals surface area contributed by atoms with Gasteiger partial charge in [0.1, 0.15) is 0 Å². The summed E-state index contributed by atoms with van der Waals surface area (Å²) in [6.45, 7) is 1.84. The topological polar surface area (TPSA) is 42.0 Å². The first-order chi connectivity index (χ1) is 8.58. The minimum absolute atomic E-state index is 0.190. The summed E-state index contributed by atoms with van der Waals surface area (Å²) < 4.78 is 0.920. The van der Waals surface area contributed by atoms with E-state index in [-0.39, 0.29) is 5.91 Å². The summed E-state index contributed by atoms with van der Waals surface area (Å²) in [7, 11) is 0. The van der Waals surface area contributed by atoms with E-state index in [2.05, 4.69) is 32.9 Å². The minimum Gasteiger partial charge on any atom is -0.320 e. The predicted octanol–water partition coefficient (Wildman–Crippen LogP) is 3.90. The first kappa shape index (κ1) is 13.3. The van der Waals surface area contributed by atoms with Crippen LogP contribution in [0.1, 0.15) is 16.1 Å². The quantitative estimate of drug-likeness (QED) is 0.813. The summed E-state index contributed by atoms with van der Waals surface area (Å²) in [4.78, 5) is 16.1. The number of amides is 1. The molecule has 0 spiro atoms. The highest BCUT2D eigenvalue weighted by molar-refractivity contribution is 14.1. The fraction of sp³-hybridized carbons (Fsp3) is 0.0769. The second-order valence-corrected chi connectivity index (χ2v) is 5.29. The molecule has 0 bridgehead atoms. The zero-order chi connectivity index (χ0) is 13.1. The normalized spacial score (nSPS) is 10.2. The average Bonchev–Trinajstić information content (AvgIpc) is 2.35. The lowest BCUT2D eigenvalue weighted by atomic mass is 10.2. The van der Waals surface area contributed by atoms with E-state index in [1.54, 1.807) is 24.4 Å².